The molecule has 8 nitrogen and oxygen atoms in total. The quantitative estimate of drug-likeness (QED) is 0.760. The average molecular weight is 367 g/mol. The van der Waals surface area contributed by atoms with Gasteiger partial charge in [-0.05, 0) is 12.1 Å². The molecule has 1 aliphatic heterocycles. The van der Waals surface area contributed by atoms with Gasteiger partial charge < -0.3 is 4.90 Å². The van der Waals surface area contributed by atoms with Crippen LogP contribution in [0.2, 0.25) is 0 Å². The number of aryl methyl sites for hydroxylation is 1. The predicted molar refractivity (Wildman–Crippen MR) is 86.4 cm³/mol. The molecule has 10 heteroatoms. The Morgan fingerprint density at radius 1 is 1.16 bits per heavy atom. The molecule has 1 saturated heterocycles. The Kier molecular flexibility index (Phi) is 5.09. The molecule has 0 saturated carbocycles. The number of hydrogen-bond donors (Lipinski definition) is 0. The molecule has 0 aliphatic carbocycles. The van der Waals surface area contributed by atoms with Gasteiger partial charge in [-0.1, -0.05) is 12.1 Å². The van der Waals surface area contributed by atoms with E-state index in [0.29, 0.717) is 6.54 Å². The van der Waals surface area contributed by atoms with E-state index in [4.69, 9.17) is 0 Å². The normalized spacial score (nSPS) is 16.1. The van der Waals surface area contributed by atoms with Crippen LogP contribution in [0.1, 0.15) is 6.42 Å². The number of rotatable bonds is 5. The second-order valence-corrected chi connectivity index (χ2v) is 7.53. The lowest BCUT2D eigenvalue weighted by molar-refractivity contribution is -0.132. The van der Waals surface area contributed by atoms with Crippen molar-refractivity contribution in [2.75, 3.05) is 26.2 Å². The average Bonchev–Trinajstić information content (AvgIpc) is 3.13. The number of hydrogen-bond acceptors (Lipinski definition) is 5. The van der Waals surface area contributed by atoms with Gasteiger partial charge in [-0.25, -0.2) is 17.8 Å². The Bertz CT molecular complexity index is 833. The summed E-state index contributed by atoms with van der Waals surface area (Å²) in [7, 11) is -3.89. The first-order valence-corrected chi connectivity index (χ1v) is 9.27. The zero-order chi connectivity index (χ0) is 17.9. The van der Waals surface area contributed by atoms with Gasteiger partial charge in [-0.3, -0.25) is 9.48 Å². The summed E-state index contributed by atoms with van der Waals surface area (Å²) in [5.74, 6) is -0.840. The standard InChI is InChI=1S/C15H18FN5O3S/c16-13-3-1-2-4-14(13)25(23,24)21-9-7-19(8-10-21)15(22)5-6-20-12-17-11-18-20/h1-4,11-12H,5-10H2. The molecule has 25 heavy (non-hydrogen) atoms. The van der Waals surface area contributed by atoms with Crippen molar-refractivity contribution in [3.05, 3.63) is 42.7 Å². The number of aromatic nitrogens is 3. The van der Waals surface area contributed by atoms with Crippen molar-refractivity contribution in [2.24, 2.45) is 0 Å². The lowest BCUT2D eigenvalue weighted by Gasteiger charge is -2.34. The molecule has 1 aromatic carbocycles. The minimum atomic E-state index is -3.89. The number of carbonyl (C=O) groups is 1. The topological polar surface area (TPSA) is 88.4 Å². The SMILES string of the molecule is O=C(CCn1cncn1)N1CCN(S(=O)(=O)c2ccccc2F)CC1. The fraction of sp³-hybridized carbons (Fsp3) is 0.400. The summed E-state index contributed by atoms with van der Waals surface area (Å²) >= 11 is 0. The predicted octanol–water partition coefficient (Wildman–Crippen LogP) is 0.340. The number of sulfonamides is 1. The van der Waals surface area contributed by atoms with E-state index < -0.39 is 15.8 Å². The first kappa shape index (κ1) is 17.5. The van der Waals surface area contributed by atoms with Crippen LogP contribution in [0.5, 0.6) is 0 Å². The number of carbonyl (C=O) groups excluding carboxylic acids is 1. The van der Waals surface area contributed by atoms with Crippen LogP contribution in [-0.4, -0.2) is 64.5 Å². The number of amides is 1. The van der Waals surface area contributed by atoms with Crippen molar-refractivity contribution < 1.29 is 17.6 Å². The highest BCUT2D eigenvalue weighted by molar-refractivity contribution is 7.89. The summed E-state index contributed by atoms with van der Waals surface area (Å²) in [6.45, 7) is 1.28. The van der Waals surface area contributed by atoms with Crippen molar-refractivity contribution in [3.63, 3.8) is 0 Å². The van der Waals surface area contributed by atoms with E-state index in [1.54, 1.807) is 9.58 Å². The fourth-order valence-electron chi connectivity index (χ4n) is 2.69. The van der Waals surface area contributed by atoms with E-state index in [1.807, 2.05) is 0 Å². The fourth-order valence-corrected chi connectivity index (χ4v) is 4.17. The van der Waals surface area contributed by atoms with Crippen LogP contribution in [0.4, 0.5) is 4.39 Å². The van der Waals surface area contributed by atoms with Crippen molar-refractivity contribution in [3.8, 4) is 0 Å². The van der Waals surface area contributed by atoms with Gasteiger partial charge in [0.25, 0.3) is 0 Å². The maximum absolute atomic E-state index is 13.8. The summed E-state index contributed by atoms with van der Waals surface area (Å²) in [6, 6.07) is 5.30. The van der Waals surface area contributed by atoms with Crippen LogP contribution in [0.25, 0.3) is 0 Å². The van der Waals surface area contributed by atoms with Gasteiger partial charge in [0, 0.05) is 32.6 Å². The maximum Gasteiger partial charge on any atom is 0.246 e. The number of benzene rings is 1. The molecule has 0 spiro atoms. The summed E-state index contributed by atoms with van der Waals surface area (Å²) < 4.78 is 41.6. The molecule has 0 N–H and O–H groups in total. The second kappa shape index (κ2) is 7.28. The molecule has 1 fully saturated rings. The van der Waals surface area contributed by atoms with Gasteiger partial charge in [0.1, 0.15) is 23.4 Å². The molecule has 0 radical (unpaired) electrons. The summed E-state index contributed by atoms with van der Waals surface area (Å²) in [5.41, 5.74) is 0. The van der Waals surface area contributed by atoms with Gasteiger partial charge in [-0.2, -0.15) is 9.40 Å². The molecule has 1 aliphatic rings. The molecule has 1 amide bonds. The van der Waals surface area contributed by atoms with Crippen LogP contribution >= 0.6 is 0 Å². The lowest BCUT2D eigenvalue weighted by atomic mass is 10.3. The lowest BCUT2D eigenvalue weighted by Crippen LogP contribution is -2.50. The van der Waals surface area contributed by atoms with Gasteiger partial charge >= 0.3 is 0 Å². The smallest absolute Gasteiger partial charge is 0.246 e. The summed E-state index contributed by atoms with van der Waals surface area (Å²) in [5, 5.41) is 3.93. The van der Waals surface area contributed by atoms with Crippen molar-refractivity contribution in [1.82, 2.24) is 24.0 Å². The van der Waals surface area contributed by atoms with E-state index in [9.17, 15) is 17.6 Å². The first-order chi connectivity index (χ1) is 12.0. The zero-order valence-electron chi connectivity index (χ0n) is 13.5. The molecule has 0 atom stereocenters. The first-order valence-electron chi connectivity index (χ1n) is 7.83. The highest BCUT2D eigenvalue weighted by atomic mass is 32.2. The number of piperazine rings is 1. The molecule has 0 unspecified atom stereocenters. The Balaban J connectivity index is 1.58. The third kappa shape index (κ3) is 3.85. The van der Waals surface area contributed by atoms with Crippen molar-refractivity contribution in [2.45, 2.75) is 17.9 Å². The zero-order valence-corrected chi connectivity index (χ0v) is 14.3. The molecule has 134 valence electrons. The van der Waals surface area contributed by atoms with E-state index in [0.717, 1.165) is 6.07 Å². The van der Waals surface area contributed by atoms with Crippen molar-refractivity contribution >= 4 is 15.9 Å². The van der Waals surface area contributed by atoms with E-state index in [1.165, 1.54) is 35.2 Å². The van der Waals surface area contributed by atoms with E-state index >= 15 is 0 Å². The van der Waals surface area contributed by atoms with Crippen LogP contribution in [0.15, 0.2) is 41.8 Å². The van der Waals surface area contributed by atoms with Crippen LogP contribution in [-0.2, 0) is 21.4 Å². The third-order valence-corrected chi connectivity index (χ3v) is 6.00. The molecule has 1 aromatic heterocycles. The van der Waals surface area contributed by atoms with E-state index in [-0.39, 0.29) is 43.4 Å². The van der Waals surface area contributed by atoms with Crippen molar-refractivity contribution in [1.29, 1.82) is 0 Å². The second-order valence-electron chi connectivity index (χ2n) is 5.62. The molecule has 2 heterocycles. The Morgan fingerprint density at radius 3 is 2.52 bits per heavy atom. The van der Waals surface area contributed by atoms with Gasteiger partial charge in [0.2, 0.25) is 15.9 Å². The minimum absolute atomic E-state index is 0.0709. The highest BCUT2D eigenvalue weighted by Crippen LogP contribution is 2.20. The van der Waals surface area contributed by atoms with E-state index in [2.05, 4.69) is 10.1 Å². The molecular weight excluding hydrogens is 349 g/mol. The molecular formula is C15H18FN5O3S. The minimum Gasteiger partial charge on any atom is -0.340 e. The van der Waals surface area contributed by atoms with Gasteiger partial charge in [-0.15, -0.1) is 0 Å². The Morgan fingerprint density at radius 2 is 1.88 bits per heavy atom. The van der Waals surface area contributed by atoms with Gasteiger partial charge in [0.15, 0.2) is 0 Å². The number of nitrogens with zero attached hydrogens (tertiary/aromatic N) is 5. The van der Waals surface area contributed by atoms with Crippen LogP contribution in [0, 0.1) is 5.82 Å². The monoisotopic (exact) mass is 367 g/mol. The van der Waals surface area contributed by atoms with Crippen LogP contribution in [0.3, 0.4) is 0 Å². The van der Waals surface area contributed by atoms with Gasteiger partial charge in [0.05, 0.1) is 6.54 Å². The summed E-state index contributed by atoms with van der Waals surface area (Å²) in [4.78, 5) is 17.3. The highest BCUT2D eigenvalue weighted by Gasteiger charge is 2.31. The Hall–Kier alpha value is -2.33. The maximum atomic E-state index is 13.8. The molecule has 2 aromatic rings. The number of halogens is 1. The molecule has 3 rings (SSSR count). The Labute approximate surface area is 144 Å². The van der Waals surface area contributed by atoms with Crippen LogP contribution < -0.4 is 0 Å². The third-order valence-electron chi connectivity index (χ3n) is 4.07. The molecule has 0 bridgehead atoms. The largest absolute Gasteiger partial charge is 0.340 e. The summed E-state index contributed by atoms with van der Waals surface area (Å²) in [6.07, 6.45) is 3.20.